The minimum Gasteiger partial charge on any atom is -0.387 e. The standard InChI is InChI=1S/C27H21Cl2N5O3/c28-16-9-10-17(18(29)13-16)26(36)33-21-8-4-7-20-24(21)34-25(32-20)23-19(11-12-30-27(23)37)31-14-22(35)15-5-2-1-3-6-15/h1-13,22,35H,14H2,(H,32,34)(H,33,36)(H2,30,31,37). The van der Waals surface area contributed by atoms with E-state index in [1.54, 1.807) is 36.4 Å². The fourth-order valence-corrected chi connectivity index (χ4v) is 4.47. The average Bonchev–Trinajstić information content (AvgIpc) is 3.32. The van der Waals surface area contributed by atoms with E-state index in [4.69, 9.17) is 23.2 Å². The molecule has 186 valence electrons. The first-order valence-corrected chi connectivity index (χ1v) is 12.1. The number of halogens is 2. The SMILES string of the molecule is O=C(Nc1cccc2nc(-c3c(NCC(O)c4ccccc4)cc[nH]c3=O)[nH]c12)c1ccc(Cl)cc1Cl. The van der Waals surface area contributed by atoms with Crippen LogP contribution >= 0.6 is 23.2 Å². The molecule has 5 aromatic rings. The van der Waals surface area contributed by atoms with E-state index in [2.05, 4.69) is 25.6 Å². The summed E-state index contributed by atoms with van der Waals surface area (Å²) in [6.07, 6.45) is 0.748. The molecule has 2 aromatic heterocycles. The molecule has 5 rings (SSSR count). The van der Waals surface area contributed by atoms with Gasteiger partial charge in [0.15, 0.2) is 0 Å². The molecule has 0 aliphatic carbocycles. The number of hydrogen-bond acceptors (Lipinski definition) is 5. The van der Waals surface area contributed by atoms with Crippen LogP contribution in [-0.4, -0.2) is 32.5 Å². The van der Waals surface area contributed by atoms with Gasteiger partial charge in [-0.25, -0.2) is 4.98 Å². The Morgan fingerprint density at radius 2 is 1.81 bits per heavy atom. The topological polar surface area (TPSA) is 123 Å². The lowest BCUT2D eigenvalue weighted by atomic mass is 10.1. The minimum atomic E-state index is -0.773. The van der Waals surface area contributed by atoms with Crippen LogP contribution < -0.4 is 16.2 Å². The van der Waals surface area contributed by atoms with Gasteiger partial charge in [0.05, 0.1) is 39.1 Å². The van der Waals surface area contributed by atoms with Gasteiger partial charge in [-0.05, 0) is 42.0 Å². The Morgan fingerprint density at radius 1 is 1.00 bits per heavy atom. The first-order valence-electron chi connectivity index (χ1n) is 11.3. The number of para-hydroxylation sites is 1. The van der Waals surface area contributed by atoms with Crippen molar-refractivity contribution in [3.63, 3.8) is 0 Å². The smallest absolute Gasteiger partial charge is 0.261 e. The van der Waals surface area contributed by atoms with Crippen molar-refractivity contribution in [1.29, 1.82) is 0 Å². The number of hydrogen-bond donors (Lipinski definition) is 5. The molecule has 0 bridgehead atoms. The number of imidazole rings is 1. The Bertz CT molecular complexity index is 1650. The first kappa shape index (κ1) is 24.6. The molecular weight excluding hydrogens is 513 g/mol. The van der Waals surface area contributed by atoms with Gasteiger partial charge in [0.2, 0.25) is 0 Å². The Balaban J connectivity index is 1.45. The molecule has 8 nitrogen and oxygen atoms in total. The Morgan fingerprint density at radius 3 is 2.59 bits per heavy atom. The summed E-state index contributed by atoms with van der Waals surface area (Å²) in [4.78, 5) is 36.1. The Labute approximate surface area is 221 Å². The molecule has 0 fully saturated rings. The molecule has 0 saturated heterocycles. The maximum atomic E-state index is 12.9. The minimum absolute atomic E-state index is 0.184. The molecule has 5 N–H and O–H groups in total. The van der Waals surface area contributed by atoms with Gasteiger partial charge in [0, 0.05) is 17.8 Å². The summed E-state index contributed by atoms with van der Waals surface area (Å²) in [7, 11) is 0. The molecule has 3 aromatic carbocycles. The van der Waals surface area contributed by atoms with Crippen molar-refractivity contribution in [3.05, 3.63) is 111 Å². The van der Waals surface area contributed by atoms with Gasteiger partial charge in [-0.3, -0.25) is 9.59 Å². The van der Waals surface area contributed by atoms with Crippen LogP contribution in [0, 0.1) is 0 Å². The van der Waals surface area contributed by atoms with Gasteiger partial charge in [-0.1, -0.05) is 59.6 Å². The molecule has 1 atom stereocenters. The molecule has 0 spiro atoms. The van der Waals surface area contributed by atoms with E-state index in [1.807, 2.05) is 30.3 Å². The summed E-state index contributed by atoms with van der Waals surface area (Å²) in [6, 6.07) is 20.8. The van der Waals surface area contributed by atoms with Crippen LogP contribution in [-0.2, 0) is 0 Å². The molecule has 0 radical (unpaired) electrons. The number of aliphatic hydroxyl groups is 1. The summed E-state index contributed by atoms with van der Waals surface area (Å²) in [6.45, 7) is 0.184. The van der Waals surface area contributed by atoms with Crippen molar-refractivity contribution in [1.82, 2.24) is 15.0 Å². The number of aromatic nitrogens is 3. The third-order valence-electron chi connectivity index (χ3n) is 5.81. The predicted molar refractivity (Wildman–Crippen MR) is 146 cm³/mol. The van der Waals surface area contributed by atoms with Gasteiger partial charge >= 0.3 is 0 Å². The van der Waals surface area contributed by atoms with E-state index in [0.717, 1.165) is 5.56 Å². The lowest BCUT2D eigenvalue weighted by Crippen LogP contribution is -2.17. The number of aromatic amines is 2. The van der Waals surface area contributed by atoms with Crippen molar-refractivity contribution in [3.8, 4) is 11.4 Å². The summed E-state index contributed by atoms with van der Waals surface area (Å²) < 4.78 is 0. The number of anilines is 2. The molecule has 1 unspecified atom stereocenters. The van der Waals surface area contributed by atoms with E-state index in [9.17, 15) is 14.7 Å². The highest BCUT2D eigenvalue weighted by Gasteiger charge is 2.18. The number of amides is 1. The maximum absolute atomic E-state index is 12.9. The molecule has 10 heteroatoms. The lowest BCUT2D eigenvalue weighted by Gasteiger charge is -2.14. The highest BCUT2D eigenvalue weighted by atomic mass is 35.5. The van der Waals surface area contributed by atoms with Gasteiger partial charge < -0.3 is 25.7 Å². The van der Waals surface area contributed by atoms with E-state index in [-0.39, 0.29) is 28.3 Å². The molecular formula is C27H21Cl2N5O3. The van der Waals surface area contributed by atoms with Crippen molar-refractivity contribution in [2.24, 2.45) is 0 Å². The molecule has 0 aliphatic heterocycles. The number of aliphatic hydroxyl groups excluding tert-OH is 1. The second kappa shape index (κ2) is 10.5. The van der Waals surface area contributed by atoms with E-state index >= 15 is 0 Å². The van der Waals surface area contributed by atoms with Gasteiger partial charge in [0.25, 0.3) is 11.5 Å². The number of carbonyl (C=O) groups excluding carboxylic acids is 1. The third-order valence-corrected chi connectivity index (χ3v) is 6.36. The van der Waals surface area contributed by atoms with Crippen LogP contribution in [0.1, 0.15) is 22.0 Å². The fraction of sp³-hybridized carbons (Fsp3) is 0.0741. The predicted octanol–water partition coefficient (Wildman–Crippen LogP) is 5.62. The second-order valence-corrected chi connectivity index (χ2v) is 9.11. The molecule has 37 heavy (non-hydrogen) atoms. The zero-order valence-electron chi connectivity index (χ0n) is 19.3. The molecule has 2 heterocycles. The van der Waals surface area contributed by atoms with Crippen molar-refractivity contribution >= 4 is 51.5 Å². The largest absolute Gasteiger partial charge is 0.387 e. The number of pyridine rings is 1. The van der Waals surface area contributed by atoms with Crippen LogP contribution in [0.25, 0.3) is 22.4 Å². The van der Waals surface area contributed by atoms with E-state index in [1.165, 1.54) is 12.3 Å². The number of fused-ring (bicyclic) bond motifs is 1. The fourth-order valence-electron chi connectivity index (χ4n) is 3.98. The molecule has 0 aliphatic rings. The first-order chi connectivity index (χ1) is 17.9. The number of benzene rings is 3. The number of carbonyl (C=O) groups is 1. The van der Waals surface area contributed by atoms with Crippen molar-refractivity contribution in [2.75, 3.05) is 17.2 Å². The summed E-state index contributed by atoms with van der Waals surface area (Å²) in [5.41, 5.74) is 2.98. The summed E-state index contributed by atoms with van der Waals surface area (Å²) in [5, 5.41) is 17.2. The highest BCUT2D eigenvalue weighted by Crippen LogP contribution is 2.29. The number of H-pyrrole nitrogens is 2. The van der Waals surface area contributed by atoms with Gasteiger partial charge in [0.1, 0.15) is 11.4 Å². The summed E-state index contributed by atoms with van der Waals surface area (Å²) >= 11 is 12.1. The van der Waals surface area contributed by atoms with E-state index in [0.29, 0.717) is 33.3 Å². The van der Waals surface area contributed by atoms with Crippen LogP contribution in [0.4, 0.5) is 11.4 Å². The van der Waals surface area contributed by atoms with Crippen LogP contribution in [0.5, 0.6) is 0 Å². The zero-order valence-corrected chi connectivity index (χ0v) is 20.8. The van der Waals surface area contributed by atoms with Gasteiger partial charge in [-0.15, -0.1) is 0 Å². The van der Waals surface area contributed by atoms with Crippen LogP contribution in [0.3, 0.4) is 0 Å². The van der Waals surface area contributed by atoms with E-state index < -0.39 is 12.0 Å². The second-order valence-electron chi connectivity index (χ2n) is 8.27. The van der Waals surface area contributed by atoms with Crippen molar-refractivity contribution in [2.45, 2.75) is 6.10 Å². The van der Waals surface area contributed by atoms with Crippen LogP contribution in [0.15, 0.2) is 83.8 Å². The van der Waals surface area contributed by atoms with Gasteiger partial charge in [-0.2, -0.15) is 0 Å². The summed E-state index contributed by atoms with van der Waals surface area (Å²) in [5.74, 6) is -0.111. The third kappa shape index (κ3) is 5.22. The normalized spacial score (nSPS) is 11.9. The number of nitrogens with one attached hydrogen (secondary N) is 4. The van der Waals surface area contributed by atoms with Crippen LogP contribution in [0.2, 0.25) is 10.0 Å². The van der Waals surface area contributed by atoms with Crippen molar-refractivity contribution < 1.29 is 9.90 Å². The molecule has 1 amide bonds. The zero-order chi connectivity index (χ0) is 25.9. The average molecular weight is 534 g/mol. The Hall–Kier alpha value is -4.11. The molecule has 0 saturated carbocycles. The highest BCUT2D eigenvalue weighted by molar-refractivity contribution is 6.37. The Kier molecular flexibility index (Phi) is 6.96. The quantitative estimate of drug-likeness (QED) is 0.185. The number of nitrogens with zero attached hydrogens (tertiary/aromatic N) is 1. The monoisotopic (exact) mass is 533 g/mol. The lowest BCUT2D eigenvalue weighted by molar-refractivity contribution is 0.102. The number of rotatable bonds is 7. The maximum Gasteiger partial charge on any atom is 0.261 e.